The van der Waals surface area contributed by atoms with E-state index in [1.165, 1.54) is 31.0 Å². The smallest absolute Gasteiger partial charge is 0.267 e. The third kappa shape index (κ3) is 2.40. The Kier molecular flexibility index (Phi) is 3.86. The summed E-state index contributed by atoms with van der Waals surface area (Å²) in [5.41, 5.74) is 0. The normalized spacial score (nSPS) is 24.7. The minimum absolute atomic E-state index is 0.0723. The maximum Gasteiger partial charge on any atom is 0.267 e. The largest absolute Gasteiger partial charge is 0.376 e. The van der Waals surface area contributed by atoms with Crippen molar-refractivity contribution in [2.45, 2.75) is 26.2 Å². The molecule has 0 radical (unpaired) electrons. The zero-order valence-corrected chi connectivity index (χ0v) is 11.1. The Morgan fingerprint density at radius 2 is 2.06 bits per heavy atom. The molecule has 0 unspecified atom stereocenters. The Morgan fingerprint density at radius 3 is 2.62 bits per heavy atom. The zero-order valence-electron chi connectivity index (χ0n) is 9.44. The van der Waals surface area contributed by atoms with Crippen LogP contribution in [0.1, 0.15) is 26.2 Å². The molecule has 0 atom stereocenters. The molecule has 0 bridgehead atoms. The predicted molar refractivity (Wildman–Crippen MR) is 71.1 cm³/mol. The van der Waals surface area contributed by atoms with Gasteiger partial charge in [-0.1, -0.05) is 24.0 Å². The third-order valence-electron chi connectivity index (χ3n) is 2.88. The Labute approximate surface area is 106 Å². The molecule has 2 fully saturated rings. The summed E-state index contributed by atoms with van der Waals surface area (Å²) in [6.45, 7) is 4.75. The van der Waals surface area contributed by atoms with Gasteiger partial charge in [-0.3, -0.25) is 9.69 Å². The number of carbonyl (C=O) groups is 1. The fourth-order valence-corrected chi connectivity index (χ4v) is 3.37. The quantitative estimate of drug-likeness (QED) is 0.558. The van der Waals surface area contributed by atoms with E-state index in [1.807, 2.05) is 13.1 Å². The summed E-state index contributed by atoms with van der Waals surface area (Å²) >= 11 is 6.60. The van der Waals surface area contributed by atoms with Crippen LogP contribution in [0.4, 0.5) is 0 Å². The van der Waals surface area contributed by atoms with Crippen LogP contribution >= 0.6 is 24.0 Å². The molecule has 2 rings (SSSR count). The first-order valence-corrected chi connectivity index (χ1v) is 6.94. The van der Waals surface area contributed by atoms with E-state index in [4.69, 9.17) is 12.2 Å². The van der Waals surface area contributed by atoms with Crippen LogP contribution in [0.3, 0.4) is 0 Å². The van der Waals surface area contributed by atoms with E-state index in [0.29, 0.717) is 10.9 Å². The Hall–Kier alpha value is -0.550. The van der Waals surface area contributed by atoms with E-state index in [0.717, 1.165) is 18.0 Å². The average molecular weight is 256 g/mol. The van der Waals surface area contributed by atoms with Gasteiger partial charge < -0.3 is 4.90 Å². The molecular weight excluding hydrogens is 240 g/mol. The summed E-state index contributed by atoms with van der Waals surface area (Å²) in [6.07, 6.45) is 5.75. The molecule has 0 aromatic carbocycles. The van der Waals surface area contributed by atoms with Gasteiger partial charge in [0.15, 0.2) is 0 Å². The lowest BCUT2D eigenvalue weighted by Crippen LogP contribution is -2.29. The molecule has 0 aromatic heterocycles. The predicted octanol–water partition coefficient (Wildman–Crippen LogP) is 2.19. The van der Waals surface area contributed by atoms with E-state index in [1.54, 1.807) is 4.90 Å². The van der Waals surface area contributed by atoms with Gasteiger partial charge in [-0.15, -0.1) is 0 Å². The fourth-order valence-electron chi connectivity index (χ4n) is 1.98. The van der Waals surface area contributed by atoms with Crippen LogP contribution in [-0.4, -0.2) is 39.7 Å². The molecular formula is C11H16N2OS2. The van der Waals surface area contributed by atoms with Crippen LogP contribution in [0.15, 0.2) is 11.1 Å². The van der Waals surface area contributed by atoms with Gasteiger partial charge in [-0.05, 0) is 26.2 Å². The molecule has 1 amide bonds. The molecule has 2 aliphatic rings. The van der Waals surface area contributed by atoms with Gasteiger partial charge in [0, 0.05) is 25.8 Å². The number of rotatable bonds is 2. The Balaban J connectivity index is 2.07. The molecule has 2 saturated heterocycles. The molecule has 2 heterocycles. The molecule has 0 aromatic rings. The lowest BCUT2D eigenvalue weighted by atomic mass is 10.1. The third-order valence-corrected chi connectivity index (χ3v) is 4.25. The van der Waals surface area contributed by atoms with Crippen molar-refractivity contribution in [1.29, 1.82) is 0 Å². The van der Waals surface area contributed by atoms with Crippen molar-refractivity contribution in [2.24, 2.45) is 0 Å². The number of likely N-dealkylation sites (tertiary alicyclic amines) is 1. The maximum atomic E-state index is 11.9. The lowest BCUT2D eigenvalue weighted by molar-refractivity contribution is -0.122. The van der Waals surface area contributed by atoms with E-state index in [9.17, 15) is 4.79 Å². The van der Waals surface area contributed by atoms with E-state index in [2.05, 4.69) is 4.90 Å². The van der Waals surface area contributed by atoms with E-state index in [-0.39, 0.29) is 5.91 Å². The van der Waals surface area contributed by atoms with Gasteiger partial charge in [-0.25, -0.2) is 0 Å². The average Bonchev–Trinajstić information content (AvgIpc) is 2.55. The van der Waals surface area contributed by atoms with Crippen molar-refractivity contribution in [3.8, 4) is 0 Å². The number of hydrogen-bond donors (Lipinski definition) is 0. The number of piperidine rings is 1. The molecule has 88 valence electrons. The summed E-state index contributed by atoms with van der Waals surface area (Å²) < 4.78 is 0.691. The van der Waals surface area contributed by atoms with Crippen LogP contribution in [0.25, 0.3) is 0 Å². The highest BCUT2D eigenvalue weighted by Gasteiger charge is 2.31. The fraction of sp³-hybridized carbons (Fsp3) is 0.636. The highest BCUT2D eigenvalue weighted by atomic mass is 32.2. The Bertz CT molecular complexity index is 335. The molecule has 0 aliphatic carbocycles. The highest BCUT2D eigenvalue weighted by molar-refractivity contribution is 8.26. The second-order valence-electron chi connectivity index (χ2n) is 4.01. The number of likely N-dealkylation sites (N-methyl/N-ethyl adjacent to an activating group) is 1. The van der Waals surface area contributed by atoms with Gasteiger partial charge in [0.25, 0.3) is 5.91 Å². The second kappa shape index (κ2) is 5.19. The van der Waals surface area contributed by atoms with Crippen LogP contribution in [0.5, 0.6) is 0 Å². The molecule has 0 N–H and O–H groups in total. The molecule has 16 heavy (non-hydrogen) atoms. The van der Waals surface area contributed by atoms with Gasteiger partial charge >= 0.3 is 0 Å². The summed E-state index contributed by atoms with van der Waals surface area (Å²) in [4.78, 5) is 16.6. The summed E-state index contributed by atoms with van der Waals surface area (Å²) in [7, 11) is 0. The van der Waals surface area contributed by atoms with Crippen molar-refractivity contribution in [1.82, 2.24) is 9.80 Å². The number of carbonyl (C=O) groups excluding carboxylic acids is 1. The van der Waals surface area contributed by atoms with E-state index >= 15 is 0 Å². The van der Waals surface area contributed by atoms with Crippen LogP contribution in [0, 0.1) is 0 Å². The summed E-state index contributed by atoms with van der Waals surface area (Å²) in [5, 5.41) is 0. The Morgan fingerprint density at radius 1 is 1.38 bits per heavy atom. The standard InChI is InChI=1S/C11H16N2OS2/c1-2-13-10(14)9(16-11(13)15)8-12-6-4-3-5-7-12/h8H,2-7H2,1H3. The maximum absolute atomic E-state index is 11.9. The number of thiocarbonyl (C=S) groups is 1. The van der Waals surface area contributed by atoms with Crippen molar-refractivity contribution >= 4 is 34.2 Å². The van der Waals surface area contributed by atoms with Gasteiger partial charge in [0.05, 0.1) is 4.91 Å². The van der Waals surface area contributed by atoms with Crippen LogP contribution in [-0.2, 0) is 4.79 Å². The van der Waals surface area contributed by atoms with Crippen LogP contribution < -0.4 is 0 Å². The number of amides is 1. The first-order valence-electron chi connectivity index (χ1n) is 5.72. The second-order valence-corrected chi connectivity index (χ2v) is 5.68. The zero-order chi connectivity index (χ0) is 11.5. The van der Waals surface area contributed by atoms with Gasteiger partial charge in [0.1, 0.15) is 4.32 Å². The number of hydrogen-bond acceptors (Lipinski definition) is 4. The van der Waals surface area contributed by atoms with Crippen LogP contribution in [0.2, 0.25) is 0 Å². The van der Waals surface area contributed by atoms with E-state index < -0.39 is 0 Å². The highest BCUT2D eigenvalue weighted by Crippen LogP contribution is 2.31. The first kappa shape index (κ1) is 11.9. The molecule has 5 heteroatoms. The summed E-state index contributed by atoms with van der Waals surface area (Å²) in [5.74, 6) is 0.0723. The van der Waals surface area contributed by atoms with Crippen molar-refractivity contribution < 1.29 is 4.79 Å². The molecule has 3 nitrogen and oxygen atoms in total. The van der Waals surface area contributed by atoms with Crippen molar-refractivity contribution in [3.63, 3.8) is 0 Å². The summed E-state index contributed by atoms with van der Waals surface area (Å²) in [6, 6.07) is 0. The van der Waals surface area contributed by atoms with Crippen molar-refractivity contribution in [2.75, 3.05) is 19.6 Å². The topological polar surface area (TPSA) is 23.6 Å². The van der Waals surface area contributed by atoms with Gasteiger partial charge in [-0.2, -0.15) is 0 Å². The minimum Gasteiger partial charge on any atom is -0.376 e. The minimum atomic E-state index is 0.0723. The molecule has 0 spiro atoms. The van der Waals surface area contributed by atoms with Crippen molar-refractivity contribution in [3.05, 3.63) is 11.1 Å². The number of nitrogens with zero attached hydrogens (tertiary/aromatic N) is 2. The molecule has 2 aliphatic heterocycles. The van der Waals surface area contributed by atoms with Gasteiger partial charge in [0.2, 0.25) is 0 Å². The SMILES string of the molecule is CCN1C(=O)C(=CN2CCCCC2)SC1=S. The molecule has 0 saturated carbocycles. The first-order chi connectivity index (χ1) is 7.72. The number of thioether (sulfide) groups is 1. The lowest BCUT2D eigenvalue weighted by Gasteiger charge is -2.25. The monoisotopic (exact) mass is 256 g/mol.